The van der Waals surface area contributed by atoms with E-state index >= 15 is 4.39 Å². The summed E-state index contributed by atoms with van der Waals surface area (Å²) in [6.45, 7) is 0.369. The van der Waals surface area contributed by atoms with Crippen LogP contribution in [0.2, 0.25) is 0 Å². The fourth-order valence-corrected chi connectivity index (χ4v) is 5.83. The number of furan rings is 1. The van der Waals surface area contributed by atoms with Crippen molar-refractivity contribution in [1.29, 1.82) is 0 Å². The van der Waals surface area contributed by atoms with Gasteiger partial charge in [-0.1, -0.05) is 24.3 Å². The van der Waals surface area contributed by atoms with E-state index in [-0.39, 0.29) is 42.7 Å². The molecule has 3 aromatic heterocycles. The van der Waals surface area contributed by atoms with Crippen LogP contribution >= 0.6 is 0 Å². The Morgan fingerprint density at radius 1 is 1.07 bits per heavy atom. The molecule has 2 aliphatic rings. The average Bonchev–Trinajstić information content (AvgIpc) is 3.66. The van der Waals surface area contributed by atoms with E-state index in [1.807, 2.05) is 24.3 Å². The van der Waals surface area contributed by atoms with Gasteiger partial charge < -0.3 is 23.9 Å². The van der Waals surface area contributed by atoms with E-state index in [4.69, 9.17) is 13.9 Å². The topological polar surface area (TPSA) is 98.7 Å². The van der Waals surface area contributed by atoms with Crippen molar-refractivity contribution >= 4 is 38.9 Å². The molecule has 2 fully saturated rings. The predicted octanol–water partition coefficient (Wildman–Crippen LogP) is 4.98. The van der Waals surface area contributed by atoms with Gasteiger partial charge in [-0.25, -0.2) is 23.1 Å². The highest BCUT2D eigenvalue weighted by Crippen LogP contribution is 2.39. The molecule has 12 heteroatoms. The Labute approximate surface area is 226 Å². The summed E-state index contributed by atoms with van der Waals surface area (Å²) in [5, 5.41) is 10.9. The molecule has 5 aromatic rings. The van der Waals surface area contributed by atoms with Crippen LogP contribution in [0.5, 0.6) is 6.01 Å². The van der Waals surface area contributed by atoms with Crippen molar-refractivity contribution < 1.29 is 32.2 Å². The molecular weight excluding hydrogens is 527 g/mol. The Kier molecular flexibility index (Phi) is 6.23. The Morgan fingerprint density at radius 2 is 1.90 bits per heavy atom. The summed E-state index contributed by atoms with van der Waals surface area (Å²) in [6.07, 6.45) is -3.78. The van der Waals surface area contributed by atoms with E-state index in [0.29, 0.717) is 35.9 Å². The van der Waals surface area contributed by atoms with Crippen LogP contribution in [0.25, 0.3) is 33.1 Å². The van der Waals surface area contributed by atoms with Gasteiger partial charge in [0, 0.05) is 18.4 Å². The highest BCUT2D eigenvalue weighted by atomic mass is 19.3. The molecule has 0 bridgehead atoms. The minimum atomic E-state index is -2.90. The number of benzene rings is 2. The summed E-state index contributed by atoms with van der Waals surface area (Å²) < 4.78 is 62.3. The number of halogens is 3. The summed E-state index contributed by atoms with van der Waals surface area (Å²) in [5.74, 6) is -0.450. The van der Waals surface area contributed by atoms with Crippen LogP contribution in [0.1, 0.15) is 31.1 Å². The number of hydrogen-bond acceptors (Lipinski definition) is 8. The standard InChI is InChI=1S/C28H26F3N5O4/c29-18-14-38-10-9-20(18)36-21-7-3-2-6-19(21)32-28(36)39-16-11-15(13-37)35(12-16)27-24-23(33-26(34-27)25(30)31)17-5-1-4-8-22(17)40-24/h1-8,15-16,18,20,25,37H,9-14H2/t15-,16-,18?,20+/m0/s1. The molecule has 0 aliphatic carbocycles. The normalized spacial score (nSPS) is 23.7. The maximum Gasteiger partial charge on any atom is 0.298 e. The zero-order valence-electron chi connectivity index (χ0n) is 21.3. The van der Waals surface area contributed by atoms with Crippen LogP contribution in [0.3, 0.4) is 0 Å². The van der Waals surface area contributed by atoms with Crippen molar-refractivity contribution in [2.45, 2.75) is 43.6 Å². The SMILES string of the molecule is OC[C@@H]1C[C@H](Oc2nc3ccccc3n2[C@@H]2CCOCC2F)CN1c1nc(C(F)F)nc2c1oc1ccccc12. The molecule has 1 unspecified atom stereocenters. The number of anilines is 1. The van der Waals surface area contributed by atoms with Gasteiger partial charge in [0.05, 0.1) is 42.9 Å². The van der Waals surface area contributed by atoms with E-state index < -0.39 is 36.6 Å². The minimum Gasteiger partial charge on any atom is -0.459 e. The Morgan fingerprint density at radius 3 is 2.73 bits per heavy atom. The van der Waals surface area contributed by atoms with Crippen LogP contribution < -0.4 is 9.64 Å². The van der Waals surface area contributed by atoms with Crippen molar-refractivity contribution in [2.24, 2.45) is 0 Å². The largest absolute Gasteiger partial charge is 0.459 e. The number of aliphatic hydroxyl groups excluding tert-OH is 1. The number of alkyl halides is 3. The first-order chi connectivity index (χ1) is 19.5. The van der Waals surface area contributed by atoms with Gasteiger partial charge in [-0.3, -0.25) is 4.57 Å². The van der Waals surface area contributed by atoms with Crippen LogP contribution in [-0.4, -0.2) is 69.3 Å². The molecule has 208 valence electrons. The summed E-state index contributed by atoms with van der Waals surface area (Å²) in [5.41, 5.74) is 2.47. The van der Waals surface area contributed by atoms with Crippen LogP contribution in [0.4, 0.5) is 19.0 Å². The number of nitrogens with zero attached hydrogens (tertiary/aromatic N) is 5. The lowest BCUT2D eigenvalue weighted by Crippen LogP contribution is -2.34. The van der Waals surface area contributed by atoms with E-state index in [1.165, 1.54) is 0 Å². The number of aromatic nitrogens is 4. The van der Waals surface area contributed by atoms with Crippen molar-refractivity contribution in [3.8, 4) is 6.01 Å². The molecule has 9 nitrogen and oxygen atoms in total. The monoisotopic (exact) mass is 553 g/mol. The quantitative estimate of drug-likeness (QED) is 0.314. The highest BCUT2D eigenvalue weighted by Gasteiger charge is 2.38. The Hall–Kier alpha value is -3.90. The number of rotatable bonds is 6. The van der Waals surface area contributed by atoms with Crippen molar-refractivity contribution in [1.82, 2.24) is 19.5 Å². The van der Waals surface area contributed by atoms with Gasteiger partial charge in [0.15, 0.2) is 17.2 Å². The van der Waals surface area contributed by atoms with Gasteiger partial charge in [0.25, 0.3) is 12.4 Å². The lowest BCUT2D eigenvalue weighted by molar-refractivity contribution is 0.00120. The van der Waals surface area contributed by atoms with Crippen molar-refractivity contribution in [3.05, 3.63) is 54.4 Å². The second kappa shape index (κ2) is 9.93. The summed E-state index contributed by atoms with van der Waals surface area (Å²) in [7, 11) is 0. The molecule has 2 saturated heterocycles. The van der Waals surface area contributed by atoms with Gasteiger partial charge in [-0.05, 0) is 30.7 Å². The predicted molar refractivity (Wildman–Crippen MR) is 141 cm³/mol. The van der Waals surface area contributed by atoms with Gasteiger partial charge in [0.1, 0.15) is 23.4 Å². The molecule has 5 heterocycles. The third-order valence-electron chi connectivity index (χ3n) is 7.69. The van der Waals surface area contributed by atoms with Gasteiger partial charge in [-0.2, -0.15) is 4.98 Å². The fourth-order valence-electron chi connectivity index (χ4n) is 5.83. The van der Waals surface area contributed by atoms with E-state index in [0.717, 1.165) is 5.52 Å². The second-order valence-corrected chi connectivity index (χ2v) is 10.1. The summed E-state index contributed by atoms with van der Waals surface area (Å²) >= 11 is 0. The van der Waals surface area contributed by atoms with Crippen molar-refractivity contribution in [3.63, 3.8) is 0 Å². The molecular formula is C28H26F3N5O4. The van der Waals surface area contributed by atoms with Crippen LogP contribution in [-0.2, 0) is 4.74 Å². The molecule has 0 saturated carbocycles. The first-order valence-electron chi connectivity index (χ1n) is 13.2. The number of imidazole rings is 1. The maximum atomic E-state index is 15.0. The maximum absolute atomic E-state index is 15.0. The molecule has 0 amide bonds. The molecule has 0 radical (unpaired) electrons. The number of ether oxygens (including phenoxy) is 2. The molecule has 7 rings (SSSR count). The summed E-state index contributed by atoms with van der Waals surface area (Å²) in [4.78, 5) is 14.7. The van der Waals surface area contributed by atoms with E-state index in [1.54, 1.807) is 33.7 Å². The minimum absolute atomic E-state index is 0.00587. The lowest BCUT2D eigenvalue weighted by atomic mass is 10.1. The van der Waals surface area contributed by atoms with E-state index in [9.17, 15) is 13.9 Å². The van der Waals surface area contributed by atoms with E-state index in [2.05, 4.69) is 15.0 Å². The lowest BCUT2D eigenvalue weighted by Gasteiger charge is -2.29. The second-order valence-electron chi connectivity index (χ2n) is 10.1. The molecule has 4 atom stereocenters. The Balaban J connectivity index is 1.27. The van der Waals surface area contributed by atoms with Crippen LogP contribution in [0, 0.1) is 0 Å². The number of fused-ring (bicyclic) bond motifs is 4. The molecule has 2 aromatic carbocycles. The summed E-state index contributed by atoms with van der Waals surface area (Å²) in [6, 6.07) is 13.8. The van der Waals surface area contributed by atoms with Gasteiger partial charge in [-0.15, -0.1) is 0 Å². The van der Waals surface area contributed by atoms with Crippen molar-refractivity contribution in [2.75, 3.05) is 31.3 Å². The first kappa shape index (κ1) is 25.1. The van der Waals surface area contributed by atoms with Gasteiger partial charge in [0.2, 0.25) is 0 Å². The molecule has 40 heavy (non-hydrogen) atoms. The Bertz CT molecular complexity index is 1690. The third kappa shape index (κ3) is 4.13. The average molecular weight is 554 g/mol. The van der Waals surface area contributed by atoms with Gasteiger partial charge >= 0.3 is 0 Å². The first-order valence-corrected chi connectivity index (χ1v) is 13.2. The molecule has 1 N–H and O–H groups in total. The smallest absolute Gasteiger partial charge is 0.298 e. The third-order valence-corrected chi connectivity index (χ3v) is 7.69. The zero-order chi connectivity index (χ0) is 27.4. The molecule has 2 aliphatic heterocycles. The zero-order valence-corrected chi connectivity index (χ0v) is 21.3. The highest BCUT2D eigenvalue weighted by molar-refractivity contribution is 6.05. The number of hydrogen-bond donors (Lipinski definition) is 1. The number of para-hydroxylation sites is 3. The molecule has 0 spiro atoms. The van der Waals surface area contributed by atoms with Crippen LogP contribution in [0.15, 0.2) is 52.9 Å². The number of aliphatic hydroxyl groups is 1. The fraction of sp³-hybridized carbons (Fsp3) is 0.393.